The maximum absolute atomic E-state index is 6.52. The summed E-state index contributed by atoms with van der Waals surface area (Å²) in [4.78, 5) is 0. The summed E-state index contributed by atoms with van der Waals surface area (Å²) >= 11 is 0. The summed E-state index contributed by atoms with van der Waals surface area (Å²) < 4.78 is 26.1. The van der Waals surface area contributed by atoms with Gasteiger partial charge in [0.2, 0.25) is 0 Å². The van der Waals surface area contributed by atoms with E-state index in [0.717, 1.165) is 24.7 Å². The van der Waals surface area contributed by atoms with Crippen molar-refractivity contribution in [2.45, 2.75) is 90.6 Å². The summed E-state index contributed by atoms with van der Waals surface area (Å²) in [6.45, 7) is 14.1. The molecule has 2 aliphatic heterocycles. The summed E-state index contributed by atoms with van der Waals surface area (Å²) in [5.41, 5.74) is 0.420. The first kappa shape index (κ1) is 16.9. The number of rotatable bonds is 1. The van der Waals surface area contributed by atoms with Crippen LogP contribution < -0.4 is 0 Å². The SMILES string of the molecule is CC1(C)[C@@H]2C[C@H]1[C@H]1OB(B3O[C@@H]4[C@@H]5C[C@@H](C[C@]4(C)O3)C5(C)C)O[C@@]1(C)C2. The molecule has 6 saturated carbocycles. The predicted octanol–water partition coefficient (Wildman–Crippen LogP) is 3.52. The Kier molecular flexibility index (Phi) is 2.97. The lowest BCUT2D eigenvalue weighted by Gasteiger charge is -2.63. The van der Waals surface area contributed by atoms with Gasteiger partial charge in [0.1, 0.15) is 0 Å². The molecule has 0 aromatic heterocycles. The lowest BCUT2D eigenvalue weighted by molar-refractivity contribution is -0.185. The van der Waals surface area contributed by atoms with Crippen molar-refractivity contribution in [3.63, 3.8) is 0 Å². The molecule has 6 aliphatic carbocycles. The van der Waals surface area contributed by atoms with E-state index < -0.39 is 0 Å². The van der Waals surface area contributed by atoms with E-state index in [4.69, 9.17) is 18.6 Å². The third-order valence-corrected chi connectivity index (χ3v) is 9.89. The second-order valence-corrected chi connectivity index (χ2v) is 11.8. The van der Waals surface area contributed by atoms with Crippen molar-refractivity contribution < 1.29 is 18.6 Å². The van der Waals surface area contributed by atoms with E-state index in [1.54, 1.807) is 0 Å². The molecule has 0 spiro atoms. The fourth-order valence-corrected chi connectivity index (χ4v) is 7.72. The Bertz CT molecular complexity index is 612. The highest BCUT2D eigenvalue weighted by Gasteiger charge is 2.72. The third kappa shape index (κ3) is 1.79. The average molecular weight is 358 g/mol. The smallest absolute Gasteiger partial charge is 0.407 e. The second-order valence-electron chi connectivity index (χ2n) is 11.8. The summed E-state index contributed by atoms with van der Waals surface area (Å²) in [7, 11) is -0.745. The van der Waals surface area contributed by atoms with Crippen LogP contribution in [0.1, 0.15) is 67.2 Å². The Labute approximate surface area is 158 Å². The first-order valence-corrected chi connectivity index (χ1v) is 10.7. The van der Waals surface area contributed by atoms with Crippen LogP contribution in [-0.4, -0.2) is 37.4 Å². The molecule has 6 heteroatoms. The normalized spacial score (nSPS) is 57.9. The van der Waals surface area contributed by atoms with E-state index in [-0.39, 0.29) is 37.4 Å². The van der Waals surface area contributed by atoms with E-state index in [0.29, 0.717) is 22.7 Å². The Balaban J connectivity index is 1.23. The maximum atomic E-state index is 6.52. The molecule has 0 N–H and O–H groups in total. The Morgan fingerprint density at radius 2 is 1.04 bits per heavy atom. The molecular weight excluding hydrogens is 326 g/mol. The van der Waals surface area contributed by atoms with Gasteiger partial charge in [-0.3, -0.25) is 0 Å². The molecule has 0 amide bonds. The topological polar surface area (TPSA) is 36.9 Å². The van der Waals surface area contributed by atoms with Gasteiger partial charge in [-0.2, -0.15) is 0 Å². The van der Waals surface area contributed by atoms with Crippen molar-refractivity contribution in [2.75, 3.05) is 0 Å². The van der Waals surface area contributed by atoms with Gasteiger partial charge in [0.25, 0.3) is 0 Å². The van der Waals surface area contributed by atoms with Gasteiger partial charge in [-0.15, -0.1) is 0 Å². The lowest BCUT2D eigenvalue weighted by atomic mass is 9.45. The van der Waals surface area contributed by atoms with Crippen LogP contribution in [0.15, 0.2) is 0 Å². The van der Waals surface area contributed by atoms with Crippen molar-refractivity contribution in [1.29, 1.82) is 0 Å². The second kappa shape index (κ2) is 4.58. The van der Waals surface area contributed by atoms with Crippen LogP contribution in [0.4, 0.5) is 0 Å². The molecule has 8 atom stereocenters. The van der Waals surface area contributed by atoms with Crippen LogP contribution in [0, 0.1) is 34.5 Å². The van der Waals surface area contributed by atoms with Crippen molar-refractivity contribution in [3.8, 4) is 0 Å². The molecule has 4 nitrogen and oxygen atoms in total. The highest BCUT2D eigenvalue weighted by molar-refractivity contribution is 7.11. The van der Waals surface area contributed by atoms with E-state index in [2.05, 4.69) is 41.5 Å². The van der Waals surface area contributed by atoms with Gasteiger partial charge >= 0.3 is 14.0 Å². The van der Waals surface area contributed by atoms with Crippen molar-refractivity contribution >= 4 is 14.0 Å². The molecule has 2 heterocycles. The highest BCUT2D eigenvalue weighted by Crippen LogP contribution is 2.66. The summed E-state index contributed by atoms with van der Waals surface area (Å²) in [5, 5.41) is 0. The molecule has 0 aromatic carbocycles. The zero-order valence-electron chi connectivity index (χ0n) is 17.1. The molecule has 8 fully saturated rings. The van der Waals surface area contributed by atoms with Gasteiger partial charge < -0.3 is 18.6 Å². The fraction of sp³-hybridized carbons (Fsp3) is 1.00. The van der Waals surface area contributed by atoms with Crippen molar-refractivity contribution in [2.24, 2.45) is 34.5 Å². The molecule has 0 radical (unpaired) electrons. The van der Waals surface area contributed by atoms with E-state index in [1.165, 1.54) is 12.8 Å². The zero-order chi connectivity index (χ0) is 18.3. The van der Waals surface area contributed by atoms with Crippen LogP contribution in [-0.2, 0) is 18.6 Å². The standard InChI is InChI=1S/C20H32B2O4/c1-17(2)11-7-13(17)15-19(5,9-11)25-21(23-15)22-24-16-14-8-12(18(14,3)4)10-20(16,6)26-22/h11-16H,7-10H2,1-6H3/t11-,12+,13-,14-,15+,16+,19-,20-/m0/s1. The number of hydrogen-bond donors (Lipinski definition) is 0. The molecular formula is C20H32B2O4. The first-order chi connectivity index (χ1) is 12.0. The molecule has 26 heavy (non-hydrogen) atoms. The van der Waals surface area contributed by atoms with E-state index in [1.807, 2.05) is 0 Å². The first-order valence-electron chi connectivity index (χ1n) is 10.7. The van der Waals surface area contributed by atoms with E-state index >= 15 is 0 Å². The monoisotopic (exact) mass is 358 g/mol. The van der Waals surface area contributed by atoms with Gasteiger partial charge in [-0.05, 0) is 74.0 Å². The minimum absolute atomic E-state index is 0.170. The van der Waals surface area contributed by atoms with Crippen LogP contribution in [0.3, 0.4) is 0 Å². The maximum Gasteiger partial charge on any atom is 0.488 e. The highest BCUT2D eigenvalue weighted by atomic mass is 16.7. The third-order valence-electron chi connectivity index (χ3n) is 9.89. The summed E-state index contributed by atoms with van der Waals surface area (Å²) in [6, 6.07) is 0. The van der Waals surface area contributed by atoms with Crippen molar-refractivity contribution in [3.05, 3.63) is 0 Å². The zero-order valence-corrected chi connectivity index (χ0v) is 17.1. The summed E-state index contributed by atoms with van der Waals surface area (Å²) in [6.07, 6.45) is 5.13. The Morgan fingerprint density at radius 3 is 1.38 bits per heavy atom. The average Bonchev–Trinajstić information content (AvgIpc) is 3.10. The Morgan fingerprint density at radius 1 is 0.654 bits per heavy atom. The molecule has 0 unspecified atom stereocenters. The minimum Gasteiger partial charge on any atom is -0.407 e. The fourth-order valence-electron chi connectivity index (χ4n) is 7.72. The van der Waals surface area contributed by atoms with Gasteiger partial charge in [0, 0.05) is 0 Å². The van der Waals surface area contributed by atoms with Crippen LogP contribution >= 0.6 is 0 Å². The largest absolute Gasteiger partial charge is 0.488 e. The van der Waals surface area contributed by atoms with E-state index in [9.17, 15) is 0 Å². The minimum atomic E-state index is -0.372. The van der Waals surface area contributed by atoms with Gasteiger partial charge in [-0.1, -0.05) is 27.7 Å². The molecule has 2 saturated heterocycles. The van der Waals surface area contributed by atoms with Gasteiger partial charge in [0.05, 0.1) is 23.4 Å². The van der Waals surface area contributed by atoms with Crippen LogP contribution in [0.5, 0.6) is 0 Å². The van der Waals surface area contributed by atoms with Crippen molar-refractivity contribution in [1.82, 2.24) is 0 Å². The van der Waals surface area contributed by atoms with Gasteiger partial charge in [-0.25, -0.2) is 0 Å². The molecule has 0 aromatic rings. The quantitative estimate of drug-likeness (QED) is 0.673. The summed E-state index contributed by atoms with van der Waals surface area (Å²) in [5.74, 6) is 2.72. The number of hydrogen-bond acceptors (Lipinski definition) is 4. The van der Waals surface area contributed by atoms with Crippen LogP contribution in [0.25, 0.3) is 0 Å². The molecule has 8 rings (SSSR count). The molecule has 4 bridgehead atoms. The Hall–Kier alpha value is -0.0301. The predicted molar refractivity (Wildman–Crippen MR) is 100 cm³/mol. The van der Waals surface area contributed by atoms with Gasteiger partial charge in [0.15, 0.2) is 0 Å². The molecule has 8 aliphatic rings. The lowest BCUT2D eigenvalue weighted by Crippen LogP contribution is -2.63. The van der Waals surface area contributed by atoms with Crippen LogP contribution in [0.2, 0.25) is 0 Å². The molecule has 142 valence electrons.